The molecule has 1 N–H and O–H groups in total. The highest BCUT2D eigenvalue weighted by Crippen LogP contribution is 2.36. The van der Waals surface area contributed by atoms with Crippen LogP contribution in [-0.2, 0) is 6.42 Å². The van der Waals surface area contributed by atoms with Gasteiger partial charge in [0.25, 0.3) is 0 Å². The van der Waals surface area contributed by atoms with Crippen LogP contribution in [0.1, 0.15) is 58.3 Å². The van der Waals surface area contributed by atoms with Crippen molar-refractivity contribution in [1.82, 2.24) is 14.8 Å². The third-order valence-corrected chi connectivity index (χ3v) is 4.47. The van der Waals surface area contributed by atoms with Crippen molar-refractivity contribution in [2.45, 2.75) is 58.9 Å². The minimum Gasteiger partial charge on any atom is -0.301 e. The van der Waals surface area contributed by atoms with Gasteiger partial charge in [0.15, 0.2) is 4.77 Å². The van der Waals surface area contributed by atoms with Crippen molar-refractivity contribution >= 4 is 12.2 Å². The van der Waals surface area contributed by atoms with E-state index in [2.05, 4.69) is 35.5 Å². The summed E-state index contributed by atoms with van der Waals surface area (Å²) in [5.74, 6) is 2.78. The Bertz CT molecular complexity index is 421. The molecule has 1 heterocycles. The van der Waals surface area contributed by atoms with Gasteiger partial charge in [0.1, 0.15) is 5.82 Å². The van der Waals surface area contributed by atoms with Crippen molar-refractivity contribution in [1.29, 1.82) is 0 Å². The predicted molar refractivity (Wildman–Crippen MR) is 72.6 cm³/mol. The lowest BCUT2D eigenvalue weighted by molar-refractivity contribution is 0.207. The van der Waals surface area contributed by atoms with Crippen LogP contribution in [0, 0.1) is 16.6 Å². The second-order valence-electron chi connectivity index (χ2n) is 5.49. The van der Waals surface area contributed by atoms with Gasteiger partial charge in [-0.25, -0.2) is 0 Å². The molecule has 0 aromatic carbocycles. The number of H-pyrrole nitrogens is 1. The van der Waals surface area contributed by atoms with Gasteiger partial charge < -0.3 is 4.57 Å². The van der Waals surface area contributed by atoms with Crippen molar-refractivity contribution < 1.29 is 0 Å². The monoisotopic (exact) mass is 253 g/mol. The highest BCUT2D eigenvalue weighted by molar-refractivity contribution is 7.71. The minimum atomic E-state index is 0.564. The van der Waals surface area contributed by atoms with Gasteiger partial charge in [0, 0.05) is 12.5 Å². The fraction of sp³-hybridized carbons (Fsp3) is 0.846. The van der Waals surface area contributed by atoms with Crippen LogP contribution in [0.4, 0.5) is 0 Å². The molecule has 0 amide bonds. The van der Waals surface area contributed by atoms with Crippen LogP contribution in [0.25, 0.3) is 0 Å². The molecule has 3 nitrogen and oxygen atoms in total. The van der Waals surface area contributed by atoms with E-state index in [4.69, 9.17) is 12.2 Å². The number of aromatic nitrogens is 3. The van der Waals surface area contributed by atoms with Gasteiger partial charge in [-0.15, -0.1) is 0 Å². The smallest absolute Gasteiger partial charge is 0.195 e. The third-order valence-electron chi connectivity index (χ3n) is 4.19. The van der Waals surface area contributed by atoms with Crippen molar-refractivity contribution in [2.75, 3.05) is 0 Å². The molecule has 3 atom stereocenters. The number of aryl methyl sites for hydroxylation is 1. The second-order valence-corrected chi connectivity index (χ2v) is 5.87. The minimum absolute atomic E-state index is 0.564. The Morgan fingerprint density at radius 2 is 2.12 bits per heavy atom. The summed E-state index contributed by atoms with van der Waals surface area (Å²) >= 11 is 5.38. The average molecular weight is 253 g/mol. The Morgan fingerprint density at radius 1 is 1.35 bits per heavy atom. The van der Waals surface area contributed by atoms with Crippen molar-refractivity contribution in [3.8, 4) is 0 Å². The van der Waals surface area contributed by atoms with Crippen LogP contribution in [0.15, 0.2) is 0 Å². The fourth-order valence-electron chi connectivity index (χ4n) is 2.87. The molecule has 1 aliphatic rings. The largest absolute Gasteiger partial charge is 0.301 e. The van der Waals surface area contributed by atoms with Gasteiger partial charge in [-0.3, -0.25) is 5.10 Å². The quantitative estimate of drug-likeness (QED) is 0.829. The van der Waals surface area contributed by atoms with E-state index in [9.17, 15) is 0 Å². The lowest BCUT2D eigenvalue weighted by atomic mass is 9.79. The summed E-state index contributed by atoms with van der Waals surface area (Å²) in [6.45, 7) is 6.91. The number of hydrogen-bond acceptors (Lipinski definition) is 2. The number of nitrogens with zero attached hydrogens (tertiary/aromatic N) is 2. The van der Waals surface area contributed by atoms with Crippen LogP contribution in [0.2, 0.25) is 0 Å². The number of aromatic amines is 1. The van der Waals surface area contributed by atoms with Gasteiger partial charge in [-0.2, -0.15) is 5.10 Å². The Hall–Kier alpha value is -0.640. The van der Waals surface area contributed by atoms with Crippen LogP contribution in [0.5, 0.6) is 0 Å². The molecule has 0 saturated heterocycles. The van der Waals surface area contributed by atoms with Crippen LogP contribution >= 0.6 is 12.2 Å². The van der Waals surface area contributed by atoms with E-state index in [0.29, 0.717) is 6.04 Å². The van der Waals surface area contributed by atoms with Crippen molar-refractivity contribution in [2.24, 2.45) is 11.8 Å². The van der Waals surface area contributed by atoms with Crippen LogP contribution in [0.3, 0.4) is 0 Å². The molecule has 96 valence electrons. The van der Waals surface area contributed by atoms with Gasteiger partial charge >= 0.3 is 0 Å². The van der Waals surface area contributed by atoms with E-state index in [-0.39, 0.29) is 0 Å². The summed E-state index contributed by atoms with van der Waals surface area (Å²) in [5.41, 5.74) is 0. The SMILES string of the molecule is CCCc1n[nH]c(=S)n1C1CCC(C)C(C)C1. The van der Waals surface area contributed by atoms with Gasteiger partial charge in [-0.1, -0.05) is 20.8 Å². The Kier molecular flexibility index (Phi) is 4.02. The van der Waals surface area contributed by atoms with E-state index in [0.717, 1.165) is 35.3 Å². The first kappa shape index (κ1) is 12.8. The van der Waals surface area contributed by atoms with E-state index in [1.807, 2.05) is 0 Å². The van der Waals surface area contributed by atoms with Crippen LogP contribution < -0.4 is 0 Å². The number of hydrogen-bond donors (Lipinski definition) is 1. The first-order chi connectivity index (χ1) is 8.13. The summed E-state index contributed by atoms with van der Waals surface area (Å²) in [4.78, 5) is 0. The fourth-order valence-corrected chi connectivity index (χ4v) is 3.17. The molecule has 1 aromatic heterocycles. The van der Waals surface area contributed by atoms with Crippen LogP contribution in [-0.4, -0.2) is 14.8 Å². The molecular formula is C13H23N3S. The molecule has 0 radical (unpaired) electrons. The molecule has 1 aromatic rings. The Balaban J connectivity index is 2.22. The number of rotatable bonds is 3. The molecule has 0 aliphatic heterocycles. The molecular weight excluding hydrogens is 230 g/mol. The normalized spacial score (nSPS) is 29.5. The first-order valence-corrected chi connectivity index (χ1v) is 7.20. The second kappa shape index (κ2) is 5.34. The summed E-state index contributed by atoms with van der Waals surface area (Å²) in [7, 11) is 0. The molecule has 2 rings (SSSR count). The summed E-state index contributed by atoms with van der Waals surface area (Å²) in [6.07, 6.45) is 5.94. The summed E-state index contributed by atoms with van der Waals surface area (Å²) < 4.78 is 3.08. The molecule has 1 aliphatic carbocycles. The predicted octanol–water partition coefficient (Wildman–Crippen LogP) is 3.89. The molecule has 17 heavy (non-hydrogen) atoms. The average Bonchev–Trinajstić information content (AvgIpc) is 2.65. The van der Waals surface area contributed by atoms with Gasteiger partial charge in [-0.05, 0) is 49.7 Å². The van der Waals surface area contributed by atoms with Gasteiger partial charge in [0.2, 0.25) is 0 Å². The Morgan fingerprint density at radius 3 is 2.76 bits per heavy atom. The van der Waals surface area contributed by atoms with Crippen molar-refractivity contribution in [3.63, 3.8) is 0 Å². The maximum Gasteiger partial charge on any atom is 0.195 e. The molecule has 1 fully saturated rings. The molecule has 3 unspecified atom stereocenters. The third kappa shape index (κ3) is 2.62. The first-order valence-electron chi connectivity index (χ1n) is 6.79. The zero-order valence-corrected chi connectivity index (χ0v) is 11.9. The maximum absolute atomic E-state index is 5.38. The maximum atomic E-state index is 5.38. The van der Waals surface area contributed by atoms with E-state index in [1.165, 1.54) is 19.3 Å². The van der Waals surface area contributed by atoms with E-state index < -0.39 is 0 Å². The topological polar surface area (TPSA) is 33.6 Å². The highest BCUT2D eigenvalue weighted by atomic mass is 32.1. The molecule has 1 saturated carbocycles. The summed E-state index contributed by atoms with van der Waals surface area (Å²) in [6, 6.07) is 0.564. The molecule has 0 bridgehead atoms. The standard InChI is InChI=1S/C13H23N3S/c1-4-5-12-14-15-13(17)16(12)11-7-6-9(2)10(3)8-11/h9-11H,4-8H2,1-3H3,(H,15,17). The highest BCUT2D eigenvalue weighted by Gasteiger charge is 2.27. The molecule has 4 heteroatoms. The lowest BCUT2D eigenvalue weighted by Crippen LogP contribution is -2.24. The zero-order chi connectivity index (χ0) is 12.4. The van der Waals surface area contributed by atoms with E-state index in [1.54, 1.807) is 0 Å². The Labute approximate surface area is 109 Å². The number of nitrogens with one attached hydrogen (secondary N) is 1. The zero-order valence-electron chi connectivity index (χ0n) is 11.1. The van der Waals surface area contributed by atoms with Crippen molar-refractivity contribution in [3.05, 3.63) is 10.6 Å². The summed E-state index contributed by atoms with van der Waals surface area (Å²) in [5, 5.41) is 7.33. The molecule has 0 spiro atoms. The van der Waals surface area contributed by atoms with Gasteiger partial charge in [0.05, 0.1) is 0 Å². The lowest BCUT2D eigenvalue weighted by Gasteiger charge is -2.33. The van der Waals surface area contributed by atoms with E-state index >= 15 is 0 Å².